The van der Waals surface area contributed by atoms with Crippen LogP contribution in [0.2, 0.25) is 0 Å². The van der Waals surface area contributed by atoms with Gasteiger partial charge in [-0.1, -0.05) is 13.8 Å². The number of anilines is 2. The fourth-order valence-electron chi connectivity index (χ4n) is 2.00. The first kappa shape index (κ1) is 11.0. The van der Waals surface area contributed by atoms with E-state index < -0.39 is 0 Å². The van der Waals surface area contributed by atoms with Gasteiger partial charge in [-0.25, -0.2) is 0 Å². The van der Waals surface area contributed by atoms with Gasteiger partial charge in [-0.3, -0.25) is 0 Å². The van der Waals surface area contributed by atoms with E-state index in [-0.39, 0.29) is 0 Å². The number of nitrogens with one attached hydrogen (secondary N) is 2. The highest BCUT2D eigenvalue weighted by molar-refractivity contribution is 14.1. The Hall–Kier alpha value is -0.450. The summed E-state index contributed by atoms with van der Waals surface area (Å²) in [4.78, 5) is 0. The topological polar surface area (TPSA) is 24.1 Å². The van der Waals surface area contributed by atoms with Crippen LogP contribution in [0.3, 0.4) is 0 Å². The van der Waals surface area contributed by atoms with E-state index in [2.05, 4.69) is 65.3 Å². The standard InChI is InChI=1S/C12H17IN2/c1-8(2)5-10-7-14-12-6-9(13)3-4-11(12)15-10/h3-4,6,8,10,14-15H,5,7H2,1-2H3. The fraction of sp³-hybridized carbons (Fsp3) is 0.500. The lowest BCUT2D eigenvalue weighted by Gasteiger charge is -2.29. The van der Waals surface area contributed by atoms with Gasteiger partial charge in [-0.15, -0.1) is 0 Å². The molecule has 15 heavy (non-hydrogen) atoms. The Kier molecular flexibility index (Phi) is 3.38. The molecule has 0 saturated carbocycles. The second-order valence-electron chi connectivity index (χ2n) is 4.54. The van der Waals surface area contributed by atoms with Crippen LogP contribution in [0.15, 0.2) is 18.2 Å². The van der Waals surface area contributed by atoms with Crippen LogP contribution in [0.4, 0.5) is 11.4 Å². The van der Waals surface area contributed by atoms with Crippen LogP contribution in [-0.4, -0.2) is 12.6 Å². The van der Waals surface area contributed by atoms with E-state index in [1.165, 1.54) is 21.4 Å². The molecule has 2 rings (SSSR count). The molecule has 0 aromatic heterocycles. The Labute approximate surface area is 105 Å². The summed E-state index contributed by atoms with van der Waals surface area (Å²) < 4.78 is 1.28. The van der Waals surface area contributed by atoms with Crippen LogP contribution in [0, 0.1) is 9.49 Å². The number of hydrogen-bond donors (Lipinski definition) is 2. The van der Waals surface area contributed by atoms with Gasteiger partial charge in [-0.2, -0.15) is 0 Å². The van der Waals surface area contributed by atoms with Crippen molar-refractivity contribution in [3.8, 4) is 0 Å². The number of rotatable bonds is 2. The lowest BCUT2D eigenvalue weighted by molar-refractivity contribution is 0.525. The SMILES string of the molecule is CC(C)CC1CNc2cc(I)ccc2N1. The molecule has 0 radical (unpaired) electrons. The van der Waals surface area contributed by atoms with Crippen molar-refractivity contribution in [2.24, 2.45) is 5.92 Å². The van der Waals surface area contributed by atoms with Crippen LogP contribution in [-0.2, 0) is 0 Å². The third-order valence-corrected chi connectivity index (χ3v) is 3.31. The van der Waals surface area contributed by atoms with Crippen molar-refractivity contribution in [1.82, 2.24) is 0 Å². The summed E-state index contributed by atoms with van der Waals surface area (Å²) in [5.74, 6) is 0.745. The number of fused-ring (bicyclic) bond motifs is 1. The maximum atomic E-state index is 3.59. The maximum Gasteiger partial charge on any atom is 0.0587 e. The van der Waals surface area contributed by atoms with Crippen molar-refractivity contribution in [3.05, 3.63) is 21.8 Å². The molecule has 1 aromatic carbocycles. The highest BCUT2D eigenvalue weighted by atomic mass is 127. The molecule has 0 aliphatic carbocycles. The Morgan fingerprint density at radius 1 is 1.40 bits per heavy atom. The van der Waals surface area contributed by atoms with Crippen LogP contribution in [0.1, 0.15) is 20.3 Å². The summed E-state index contributed by atoms with van der Waals surface area (Å²) in [6, 6.07) is 7.06. The first-order valence-corrected chi connectivity index (χ1v) is 6.53. The van der Waals surface area contributed by atoms with E-state index in [0.717, 1.165) is 12.5 Å². The molecule has 1 aliphatic rings. The highest BCUT2D eigenvalue weighted by Gasteiger charge is 2.17. The molecule has 0 amide bonds. The Morgan fingerprint density at radius 3 is 2.93 bits per heavy atom. The molecule has 0 fully saturated rings. The minimum atomic E-state index is 0.567. The first-order chi connectivity index (χ1) is 7.15. The third kappa shape index (κ3) is 2.77. The van der Waals surface area contributed by atoms with Crippen molar-refractivity contribution in [3.63, 3.8) is 0 Å². The minimum Gasteiger partial charge on any atom is -0.381 e. The molecule has 2 N–H and O–H groups in total. The minimum absolute atomic E-state index is 0.567. The average molecular weight is 316 g/mol. The second kappa shape index (κ2) is 4.60. The van der Waals surface area contributed by atoms with Gasteiger partial charge in [0.05, 0.1) is 11.4 Å². The van der Waals surface area contributed by atoms with Gasteiger partial charge < -0.3 is 10.6 Å². The van der Waals surface area contributed by atoms with Crippen molar-refractivity contribution in [2.75, 3.05) is 17.2 Å². The predicted octanol–water partition coefficient (Wildman–Crippen LogP) is 3.54. The maximum absolute atomic E-state index is 3.59. The predicted molar refractivity (Wildman–Crippen MR) is 74.5 cm³/mol. The van der Waals surface area contributed by atoms with Crippen LogP contribution < -0.4 is 10.6 Å². The van der Waals surface area contributed by atoms with Crippen LogP contribution in [0.5, 0.6) is 0 Å². The zero-order chi connectivity index (χ0) is 10.8. The molecule has 1 unspecified atom stereocenters. The summed E-state index contributed by atoms with van der Waals surface area (Å²) in [6.07, 6.45) is 1.22. The molecule has 1 aromatic rings. The fourth-order valence-corrected chi connectivity index (χ4v) is 2.50. The summed E-state index contributed by atoms with van der Waals surface area (Å²) in [5.41, 5.74) is 2.48. The van der Waals surface area contributed by atoms with E-state index in [1.54, 1.807) is 0 Å². The van der Waals surface area contributed by atoms with Gasteiger partial charge in [0.1, 0.15) is 0 Å². The molecule has 3 heteroatoms. The number of halogens is 1. The largest absolute Gasteiger partial charge is 0.381 e. The molecule has 1 heterocycles. The van der Waals surface area contributed by atoms with Crippen molar-refractivity contribution < 1.29 is 0 Å². The van der Waals surface area contributed by atoms with Crippen LogP contribution in [0.25, 0.3) is 0 Å². The molecule has 1 aliphatic heterocycles. The quantitative estimate of drug-likeness (QED) is 0.816. The van der Waals surface area contributed by atoms with Gasteiger partial charge in [0.2, 0.25) is 0 Å². The second-order valence-corrected chi connectivity index (χ2v) is 5.79. The van der Waals surface area contributed by atoms with Gasteiger partial charge >= 0.3 is 0 Å². The summed E-state index contributed by atoms with van der Waals surface area (Å²) in [5, 5.41) is 7.08. The number of hydrogen-bond acceptors (Lipinski definition) is 2. The Bertz CT molecular complexity index is 349. The Morgan fingerprint density at radius 2 is 2.20 bits per heavy atom. The average Bonchev–Trinajstić information content (AvgIpc) is 2.17. The molecule has 0 spiro atoms. The normalized spacial score (nSPS) is 19.3. The monoisotopic (exact) mass is 316 g/mol. The molecular formula is C12H17IN2. The van der Waals surface area contributed by atoms with Crippen LogP contribution >= 0.6 is 22.6 Å². The zero-order valence-corrected chi connectivity index (χ0v) is 11.3. The van der Waals surface area contributed by atoms with E-state index in [9.17, 15) is 0 Å². The van der Waals surface area contributed by atoms with Crippen molar-refractivity contribution in [1.29, 1.82) is 0 Å². The van der Waals surface area contributed by atoms with Gasteiger partial charge in [0.25, 0.3) is 0 Å². The molecule has 0 saturated heterocycles. The van der Waals surface area contributed by atoms with Crippen molar-refractivity contribution >= 4 is 34.0 Å². The van der Waals surface area contributed by atoms with Gasteiger partial charge in [0, 0.05) is 16.2 Å². The lowest BCUT2D eigenvalue weighted by atomic mass is 10.0. The Balaban J connectivity index is 2.10. The van der Waals surface area contributed by atoms with Gasteiger partial charge in [-0.05, 0) is 53.1 Å². The summed E-state index contributed by atoms with van der Waals surface area (Å²) in [6.45, 7) is 5.57. The van der Waals surface area contributed by atoms with Crippen molar-refractivity contribution in [2.45, 2.75) is 26.3 Å². The van der Waals surface area contributed by atoms with E-state index in [1.807, 2.05) is 0 Å². The molecule has 82 valence electrons. The molecule has 0 bridgehead atoms. The molecule has 2 nitrogen and oxygen atoms in total. The lowest BCUT2D eigenvalue weighted by Crippen LogP contribution is -2.34. The zero-order valence-electron chi connectivity index (χ0n) is 9.18. The first-order valence-electron chi connectivity index (χ1n) is 5.45. The third-order valence-electron chi connectivity index (χ3n) is 2.64. The molecular weight excluding hydrogens is 299 g/mol. The van der Waals surface area contributed by atoms with E-state index >= 15 is 0 Å². The summed E-state index contributed by atoms with van der Waals surface area (Å²) in [7, 11) is 0. The summed E-state index contributed by atoms with van der Waals surface area (Å²) >= 11 is 2.34. The highest BCUT2D eigenvalue weighted by Crippen LogP contribution is 2.29. The smallest absolute Gasteiger partial charge is 0.0587 e. The van der Waals surface area contributed by atoms with Gasteiger partial charge in [0.15, 0.2) is 0 Å². The number of benzene rings is 1. The molecule has 1 atom stereocenters. The van der Waals surface area contributed by atoms with E-state index in [0.29, 0.717) is 6.04 Å². The van der Waals surface area contributed by atoms with E-state index in [4.69, 9.17) is 0 Å².